The molecule has 1 N–H and O–H groups in total. The average Bonchev–Trinajstić information content (AvgIpc) is 3.12. The van der Waals surface area contributed by atoms with Crippen LogP contribution in [0, 0.1) is 13.8 Å². The topological polar surface area (TPSA) is 80.1 Å². The summed E-state index contributed by atoms with van der Waals surface area (Å²) in [4.78, 5) is 16.9. The predicted octanol–water partition coefficient (Wildman–Crippen LogP) is 2.65. The number of aromatic nitrogens is 1. The molecule has 0 bridgehead atoms. The Morgan fingerprint density at radius 1 is 1.22 bits per heavy atom. The number of amides is 1. The van der Waals surface area contributed by atoms with E-state index in [-0.39, 0.29) is 5.91 Å². The van der Waals surface area contributed by atoms with Gasteiger partial charge in [0.2, 0.25) is 5.91 Å². The molecule has 1 amide bonds. The van der Waals surface area contributed by atoms with Gasteiger partial charge >= 0.3 is 0 Å². The first kappa shape index (κ1) is 23.8. The second-order valence-electron chi connectivity index (χ2n) is 8.12. The fraction of sp³-hybridized carbons (Fsp3) is 0.500. The minimum Gasteiger partial charge on any atom is -0.493 e. The van der Waals surface area contributed by atoms with E-state index in [0.29, 0.717) is 24.7 Å². The third-order valence-corrected chi connectivity index (χ3v) is 5.71. The van der Waals surface area contributed by atoms with E-state index < -0.39 is 0 Å². The van der Waals surface area contributed by atoms with Crippen LogP contribution in [0.4, 0.5) is 0 Å². The number of hydrogen-bond donors (Lipinski definition) is 1. The molecule has 0 atom stereocenters. The molecule has 0 unspecified atom stereocenters. The highest BCUT2D eigenvalue weighted by atomic mass is 16.5. The Morgan fingerprint density at radius 2 is 2.00 bits per heavy atom. The van der Waals surface area contributed by atoms with Gasteiger partial charge in [0.1, 0.15) is 12.4 Å². The zero-order valence-electron chi connectivity index (χ0n) is 19.5. The van der Waals surface area contributed by atoms with Gasteiger partial charge in [-0.2, -0.15) is 0 Å². The molecule has 8 nitrogen and oxygen atoms in total. The van der Waals surface area contributed by atoms with Crippen LogP contribution in [-0.2, 0) is 11.4 Å². The quantitative estimate of drug-likeness (QED) is 0.448. The molecular formula is C24H34N4O4. The predicted molar refractivity (Wildman–Crippen MR) is 124 cm³/mol. The van der Waals surface area contributed by atoms with Crippen LogP contribution in [0.15, 0.2) is 28.8 Å². The lowest BCUT2D eigenvalue weighted by Crippen LogP contribution is -2.45. The van der Waals surface area contributed by atoms with Crippen LogP contribution in [0.2, 0.25) is 0 Å². The summed E-state index contributed by atoms with van der Waals surface area (Å²) >= 11 is 0. The highest BCUT2D eigenvalue weighted by molar-refractivity contribution is 5.91. The number of benzene rings is 1. The monoisotopic (exact) mass is 442 g/mol. The third-order valence-electron chi connectivity index (χ3n) is 5.71. The summed E-state index contributed by atoms with van der Waals surface area (Å²) in [6, 6.07) is 5.58. The van der Waals surface area contributed by atoms with Gasteiger partial charge in [-0.05, 0) is 57.6 Å². The molecule has 2 heterocycles. The highest BCUT2D eigenvalue weighted by Gasteiger charge is 2.13. The number of nitrogens with one attached hydrogen (secondary N) is 1. The van der Waals surface area contributed by atoms with Crippen molar-refractivity contribution in [2.24, 2.45) is 0 Å². The third kappa shape index (κ3) is 6.83. The van der Waals surface area contributed by atoms with Gasteiger partial charge in [0.15, 0.2) is 11.5 Å². The molecule has 174 valence electrons. The average molecular weight is 443 g/mol. The van der Waals surface area contributed by atoms with Crippen LogP contribution in [0.5, 0.6) is 11.5 Å². The van der Waals surface area contributed by atoms with E-state index >= 15 is 0 Å². The first-order chi connectivity index (χ1) is 15.5. The van der Waals surface area contributed by atoms with E-state index in [4.69, 9.17) is 14.0 Å². The molecule has 1 fully saturated rings. The van der Waals surface area contributed by atoms with E-state index in [9.17, 15) is 4.79 Å². The van der Waals surface area contributed by atoms with Crippen molar-refractivity contribution in [3.05, 3.63) is 46.9 Å². The highest BCUT2D eigenvalue weighted by Crippen LogP contribution is 2.30. The first-order valence-corrected chi connectivity index (χ1v) is 11.1. The Labute approximate surface area is 190 Å². The fourth-order valence-electron chi connectivity index (χ4n) is 3.58. The van der Waals surface area contributed by atoms with E-state index in [0.717, 1.165) is 61.7 Å². The summed E-state index contributed by atoms with van der Waals surface area (Å²) in [5.74, 6) is 1.88. The lowest BCUT2D eigenvalue weighted by atomic mass is 10.2. The Kier molecular flexibility index (Phi) is 8.70. The number of ether oxygens (including phenoxy) is 2. The van der Waals surface area contributed by atoms with Gasteiger partial charge in [0, 0.05) is 38.8 Å². The van der Waals surface area contributed by atoms with Crippen molar-refractivity contribution in [3.8, 4) is 11.5 Å². The van der Waals surface area contributed by atoms with Gasteiger partial charge in [-0.25, -0.2) is 0 Å². The normalized spacial score (nSPS) is 15.2. The molecule has 32 heavy (non-hydrogen) atoms. The zero-order valence-corrected chi connectivity index (χ0v) is 19.5. The van der Waals surface area contributed by atoms with Crippen molar-refractivity contribution < 1.29 is 18.8 Å². The fourth-order valence-corrected chi connectivity index (χ4v) is 3.58. The number of carbonyl (C=O) groups excluding carboxylic acids is 1. The maximum Gasteiger partial charge on any atom is 0.243 e. The van der Waals surface area contributed by atoms with E-state index in [1.165, 1.54) is 0 Å². The van der Waals surface area contributed by atoms with Gasteiger partial charge < -0.3 is 29.1 Å². The molecule has 0 spiro atoms. The van der Waals surface area contributed by atoms with Crippen molar-refractivity contribution in [2.75, 3.05) is 53.4 Å². The van der Waals surface area contributed by atoms with Crippen LogP contribution in [0.3, 0.4) is 0 Å². The Bertz CT molecular complexity index is 897. The molecule has 1 saturated heterocycles. The van der Waals surface area contributed by atoms with Gasteiger partial charge in [-0.3, -0.25) is 4.79 Å². The molecule has 0 radical (unpaired) electrons. The molecule has 2 aromatic rings. The molecule has 0 saturated carbocycles. The minimum absolute atomic E-state index is 0.0962. The van der Waals surface area contributed by atoms with Crippen LogP contribution in [-0.4, -0.2) is 74.3 Å². The number of piperazine rings is 1. The van der Waals surface area contributed by atoms with Crippen molar-refractivity contribution >= 4 is 12.0 Å². The molecule has 8 heteroatoms. The zero-order chi connectivity index (χ0) is 22.9. The van der Waals surface area contributed by atoms with Crippen molar-refractivity contribution in [3.63, 3.8) is 0 Å². The number of nitrogens with zero attached hydrogens (tertiary/aromatic N) is 3. The van der Waals surface area contributed by atoms with Crippen LogP contribution in [0.1, 0.15) is 29.0 Å². The molecule has 1 aliphatic heterocycles. The number of rotatable bonds is 10. The summed E-state index contributed by atoms with van der Waals surface area (Å²) in [5.41, 5.74) is 2.61. The van der Waals surface area contributed by atoms with Crippen LogP contribution in [0.25, 0.3) is 6.08 Å². The maximum atomic E-state index is 12.1. The number of methoxy groups -OCH3 is 1. The molecule has 3 rings (SSSR count). The van der Waals surface area contributed by atoms with Gasteiger partial charge in [-0.1, -0.05) is 11.2 Å². The number of likely N-dealkylation sites (N-methyl/N-ethyl adjacent to an activating group) is 1. The Hall–Kier alpha value is -2.84. The van der Waals surface area contributed by atoms with E-state index in [1.54, 1.807) is 19.3 Å². The van der Waals surface area contributed by atoms with Crippen LogP contribution < -0.4 is 14.8 Å². The minimum atomic E-state index is -0.0962. The number of aryl methyl sites for hydroxylation is 2. The summed E-state index contributed by atoms with van der Waals surface area (Å²) in [5, 5.41) is 6.90. The second-order valence-corrected chi connectivity index (χ2v) is 8.12. The summed E-state index contributed by atoms with van der Waals surface area (Å²) in [6.45, 7) is 10.2. The van der Waals surface area contributed by atoms with Gasteiger partial charge in [0.25, 0.3) is 0 Å². The smallest absolute Gasteiger partial charge is 0.243 e. The number of carbonyl (C=O) groups is 1. The summed E-state index contributed by atoms with van der Waals surface area (Å²) < 4.78 is 16.5. The summed E-state index contributed by atoms with van der Waals surface area (Å²) in [7, 11) is 3.75. The largest absolute Gasteiger partial charge is 0.493 e. The summed E-state index contributed by atoms with van der Waals surface area (Å²) in [6.07, 6.45) is 4.28. The van der Waals surface area contributed by atoms with Crippen molar-refractivity contribution in [2.45, 2.75) is 26.9 Å². The Morgan fingerprint density at radius 3 is 2.69 bits per heavy atom. The molecular weight excluding hydrogens is 408 g/mol. The second kappa shape index (κ2) is 11.7. The van der Waals surface area contributed by atoms with Gasteiger partial charge in [0.05, 0.1) is 18.4 Å². The maximum absolute atomic E-state index is 12.1. The molecule has 1 aliphatic rings. The molecule has 1 aromatic heterocycles. The van der Waals surface area contributed by atoms with E-state index in [2.05, 4.69) is 27.3 Å². The van der Waals surface area contributed by atoms with Crippen LogP contribution >= 0.6 is 0 Å². The lowest BCUT2D eigenvalue weighted by molar-refractivity contribution is -0.116. The SMILES string of the molecule is COc1cc(/C=C/C(=O)NCCCN2CCN(C)CC2)ccc1OCc1c(C)noc1C. The molecule has 0 aliphatic carbocycles. The van der Waals surface area contributed by atoms with E-state index in [1.807, 2.05) is 32.0 Å². The first-order valence-electron chi connectivity index (χ1n) is 11.1. The van der Waals surface area contributed by atoms with Crippen molar-refractivity contribution in [1.82, 2.24) is 20.3 Å². The lowest BCUT2D eigenvalue weighted by Gasteiger charge is -2.32. The molecule has 1 aromatic carbocycles. The Balaban J connectivity index is 1.45. The number of hydrogen-bond acceptors (Lipinski definition) is 7. The van der Waals surface area contributed by atoms with Gasteiger partial charge in [-0.15, -0.1) is 0 Å². The van der Waals surface area contributed by atoms with Crippen molar-refractivity contribution in [1.29, 1.82) is 0 Å². The standard InChI is InChI=1S/C24H34N4O4/c1-18-21(19(2)32-26-18)17-31-22-8-6-20(16-23(22)30-4)7-9-24(29)25-10-5-11-28-14-12-27(3)13-15-28/h6-9,16H,5,10-15,17H2,1-4H3,(H,25,29)/b9-7+.